The predicted octanol–water partition coefficient (Wildman–Crippen LogP) is 2.87. The first-order valence-corrected chi connectivity index (χ1v) is 5.70. The Kier molecular flexibility index (Phi) is 3.64. The Hall–Kier alpha value is -1.55. The van der Waals surface area contributed by atoms with Crippen molar-refractivity contribution in [3.05, 3.63) is 47.3 Å². The maximum atomic E-state index is 12.9. The van der Waals surface area contributed by atoms with Crippen LogP contribution in [0.5, 0.6) is 0 Å². The van der Waals surface area contributed by atoms with Crippen LogP contribution in [0.4, 0.5) is 10.1 Å². The highest BCUT2D eigenvalue weighted by molar-refractivity contribution is 6.31. The van der Waals surface area contributed by atoms with Gasteiger partial charge in [-0.25, -0.2) is 9.37 Å². The van der Waals surface area contributed by atoms with Crippen LogP contribution >= 0.6 is 11.6 Å². The smallest absolute Gasteiger partial charge is 0.141 e. The number of hydrogen-bond acceptors (Lipinski definition) is 2. The highest BCUT2D eigenvalue weighted by Gasteiger charge is 2.01. The largest absolute Gasteiger partial charge is 0.385 e. The first-order chi connectivity index (χ1) is 8.16. The lowest BCUT2D eigenvalue weighted by Crippen LogP contribution is -2.08. The van der Waals surface area contributed by atoms with Gasteiger partial charge >= 0.3 is 0 Å². The minimum atomic E-state index is -0.402. The molecule has 90 valence electrons. The van der Waals surface area contributed by atoms with Gasteiger partial charge in [0.05, 0.1) is 5.02 Å². The summed E-state index contributed by atoms with van der Waals surface area (Å²) in [6, 6.07) is 4.60. The average Bonchev–Trinajstić information content (AvgIpc) is 2.70. The molecule has 2 aromatic rings. The zero-order chi connectivity index (χ0) is 12.3. The van der Waals surface area contributed by atoms with E-state index in [1.54, 1.807) is 18.3 Å². The van der Waals surface area contributed by atoms with Crippen LogP contribution in [0.1, 0.15) is 5.82 Å². The van der Waals surface area contributed by atoms with Crippen molar-refractivity contribution in [2.24, 2.45) is 7.05 Å². The first-order valence-electron chi connectivity index (χ1n) is 5.32. The molecule has 0 fully saturated rings. The van der Waals surface area contributed by atoms with Crippen molar-refractivity contribution in [3.8, 4) is 0 Å². The zero-order valence-electron chi connectivity index (χ0n) is 9.45. The number of aryl methyl sites for hydroxylation is 1. The van der Waals surface area contributed by atoms with Crippen LogP contribution in [-0.2, 0) is 13.5 Å². The highest BCUT2D eigenvalue weighted by atomic mass is 35.5. The van der Waals surface area contributed by atoms with Crippen LogP contribution in [-0.4, -0.2) is 16.1 Å². The Morgan fingerprint density at radius 1 is 1.47 bits per heavy atom. The van der Waals surface area contributed by atoms with E-state index in [-0.39, 0.29) is 5.02 Å². The van der Waals surface area contributed by atoms with Gasteiger partial charge in [0.2, 0.25) is 0 Å². The Balaban J connectivity index is 1.90. The molecule has 17 heavy (non-hydrogen) atoms. The topological polar surface area (TPSA) is 29.9 Å². The van der Waals surface area contributed by atoms with Gasteiger partial charge in [-0.1, -0.05) is 11.6 Å². The molecule has 0 amide bonds. The number of nitrogens with zero attached hydrogens (tertiary/aromatic N) is 2. The lowest BCUT2D eigenvalue weighted by molar-refractivity contribution is 0.628. The quantitative estimate of drug-likeness (QED) is 0.908. The van der Waals surface area contributed by atoms with Crippen LogP contribution in [0.3, 0.4) is 0 Å². The molecule has 1 aromatic heterocycles. The average molecular weight is 254 g/mol. The van der Waals surface area contributed by atoms with Gasteiger partial charge in [0.1, 0.15) is 11.6 Å². The minimum Gasteiger partial charge on any atom is -0.385 e. The second-order valence-corrected chi connectivity index (χ2v) is 4.17. The molecule has 1 N–H and O–H groups in total. The maximum Gasteiger partial charge on any atom is 0.141 e. The molecule has 0 saturated heterocycles. The minimum absolute atomic E-state index is 0.131. The van der Waals surface area contributed by atoms with E-state index in [1.165, 1.54) is 6.07 Å². The summed E-state index contributed by atoms with van der Waals surface area (Å²) >= 11 is 5.69. The first kappa shape index (κ1) is 11.9. The second kappa shape index (κ2) is 5.19. The van der Waals surface area contributed by atoms with Gasteiger partial charge in [0.25, 0.3) is 0 Å². The number of hydrogen-bond donors (Lipinski definition) is 1. The molecule has 0 bridgehead atoms. The Morgan fingerprint density at radius 2 is 2.29 bits per heavy atom. The molecular formula is C12H13ClFN3. The number of aromatic nitrogens is 2. The molecule has 0 aliphatic heterocycles. The van der Waals surface area contributed by atoms with Crippen molar-refractivity contribution in [2.45, 2.75) is 6.42 Å². The maximum absolute atomic E-state index is 12.9. The summed E-state index contributed by atoms with van der Waals surface area (Å²) in [6.45, 7) is 0.729. The SMILES string of the molecule is Cn1ccnc1CCNc1ccc(F)c(Cl)c1. The molecular weight excluding hydrogens is 241 g/mol. The van der Waals surface area contributed by atoms with Gasteiger partial charge in [-0.05, 0) is 18.2 Å². The number of nitrogens with one attached hydrogen (secondary N) is 1. The van der Waals surface area contributed by atoms with Gasteiger partial charge in [0.15, 0.2) is 0 Å². The van der Waals surface area contributed by atoms with E-state index in [1.807, 2.05) is 17.8 Å². The zero-order valence-corrected chi connectivity index (χ0v) is 10.2. The summed E-state index contributed by atoms with van der Waals surface area (Å²) in [5.74, 6) is 0.604. The van der Waals surface area contributed by atoms with Gasteiger partial charge in [-0.3, -0.25) is 0 Å². The Bertz CT molecular complexity index is 510. The third kappa shape index (κ3) is 2.97. The molecule has 0 aliphatic carbocycles. The van der Waals surface area contributed by atoms with Crippen LogP contribution < -0.4 is 5.32 Å². The van der Waals surface area contributed by atoms with Crippen LogP contribution in [0, 0.1) is 5.82 Å². The van der Waals surface area contributed by atoms with Crippen molar-refractivity contribution in [1.82, 2.24) is 9.55 Å². The molecule has 3 nitrogen and oxygen atoms in total. The number of anilines is 1. The molecule has 1 aromatic carbocycles. The van der Waals surface area contributed by atoms with E-state index in [4.69, 9.17) is 11.6 Å². The van der Waals surface area contributed by atoms with E-state index in [0.29, 0.717) is 0 Å². The summed E-state index contributed by atoms with van der Waals surface area (Å²) < 4.78 is 14.9. The van der Waals surface area contributed by atoms with Crippen LogP contribution in [0.25, 0.3) is 0 Å². The fourth-order valence-electron chi connectivity index (χ4n) is 1.56. The van der Waals surface area contributed by atoms with E-state index in [9.17, 15) is 4.39 Å². The Labute approximate surface area is 104 Å². The number of halogens is 2. The Morgan fingerprint density at radius 3 is 2.94 bits per heavy atom. The number of benzene rings is 1. The lowest BCUT2D eigenvalue weighted by Gasteiger charge is -2.07. The molecule has 0 saturated carbocycles. The summed E-state index contributed by atoms with van der Waals surface area (Å²) in [7, 11) is 1.96. The van der Waals surface area contributed by atoms with Gasteiger partial charge in [0, 0.05) is 38.1 Å². The van der Waals surface area contributed by atoms with Crippen molar-refractivity contribution in [3.63, 3.8) is 0 Å². The molecule has 0 spiro atoms. The van der Waals surface area contributed by atoms with Gasteiger partial charge < -0.3 is 9.88 Å². The van der Waals surface area contributed by atoms with Crippen molar-refractivity contribution < 1.29 is 4.39 Å². The summed E-state index contributed by atoms with van der Waals surface area (Å²) in [6.07, 6.45) is 4.48. The fourth-order valence-corrected chi connectivity index (χ4v) is 1.74. The molecule has 1 heterocycles. The normalized spacial score (nSPS) is 10.5. The van der Waals surface area contributed by atoms with Crippen molar-refractivity contribution in [1.29, 1.82) is 0 Å². The third-order valence-electron chi connectivity index (χ3n) is 2.52. The molecule has 0 atom stereocenters. The van der Waals surface area contributed by atoms with E-state index in [2.05, 4.69) is 10.3 Å². The standard InChI is InChI=1S/C12H13ClFN3/c1-17-7-6-16-12(17)4-5-15-9-2-3-11(14)10(13)8-9/h2-3,6-8,15H,4-5H2,1H3. The monoisotopic (exact) mass is 253 g/mol. The van der Waals surface area contributed by atoms with E-state index >= 15 is 0 Å². The molecule has 2 rings (SSSR count). The molecule has 0 aliphatic rings. The summed E-state index contributed by atoms with van der Waals surface area (Å²) in [5.41, 5.74) is 0.811. The molecule has 5 heteroatoms. The second-order valence-electron chi connectivity index (χ2n) is 3.76. The number of rotatable bonds is 4. The van der Waals surface area contributed by atoms with E-state index in [0.717, 1.165) is 24.5 Å². The highest BCUT2D eigenvalue weighted by Crippen LogP contribution is 2.19. The molecule has 0 radical (unpaired) electrons. The van der Waals surface area contributed by atoms with E-state index < -0.39 is 5.82 Å². The number of imidazole rings is 1. The lowest BCUT2D eigenvalue weighted by atomic mass is 10.3. The summed E-state index contributed by atoms with van der Waals surface area (Å²) in [5, 5.41) is 3.31. The predicted molar refractivity (Wildman–Crippen MR) is 66.8 cm³/mol. The third-order valence-corrected chi connectivity index (χ3v) is 2.81. The summed E-state index contributed by atoms with van der Waals surface area (Å²) in [4.78, 5) is 4.22. The van der Waals surface area contributed by atoms with Gasteiger partial charge in [-0.15, -0.1) is 0 Å². The van der Waals surface area contributed by atoms with Gasteiger partial charge in [-0.2, -0.15) is 0 Å². The van der Waals surface area contributed by atoms with Crippen LogP contribution in [0.2, 0.25) is 5.02 Å². The van der Waals surface area contributed by atoms with Crippen molar-refractivity contribution >= 4 is 17.3 Å². The molecule has 0 unspecified atom stereocenters. The van der Waals surface area contributed by atoms with Crippen LogP contribution in [0.15, 0.2) is 30.6 Å². The fraction of sp³-hybridized carbons (Fsp3) is 0.250. The van der Waals surface area contributed by atoms with Crippen molar-refractivity contribution in [2.75, 3.05) is 11.9 Å².